The van der Waals surface area contributed by atoms with Crippen LogP contribution in [-0.2, 0) is 19.6 Å². The van der Waals surface area contributed by atoms with Gasteiger partial charge in [-0.1, -0.05) is 13.8 Å². The van der Waals surface area contributed by atoms with Crippen LogP contribution in [0.3, 0.4) is 0 Å². The zero-order valence-corrected chi connectivity index (χ0v) is 17.2. The molecule has 0 bridgehead atoms. The van der Waals surface area contributed by atoms with Crippen LogP contribution in [0.1, 0.15) is 50.9 Å². The number of benzene rings is 1. The number of carbonyl (C=O) groups is 2. The van der Waals surface area contributed by atoms with Crippen LogP contribution in [-0.4, -0.2) is 51.0 Å². The molecule has 0 heterocycles. The molecule has 0 aliphatic carbocycles. The molecule has 0 aromatic heterocycles. The SMILES string of the molecule is CC[C@@H](C)N(C(=O)COC(=O)c1cc(S(N)(=O)=O)ccc1OC)[C@H](C)CC. The highest BCUT2D eigenvalue weighted by Crippen LogP contribution is 2.23. The van der Waals surface area contributed by atoms with Crippen molar-refractivity contribution in [2.24, 2.45) is 5.14 Å². The summed E-state index contributed by atoms with van der Waals surface area (Å²) in [4.78, 5) is 26.4. The number of nitrogens with two attached hydrogens (primary N) is 1. The van der Waals surface area contributed by atoms with Gasteiger partial charge < -0.3 is 14.4 Å². The Labute approximate surface area is 160 Å². The Morgan fingerprint density at radius 1 is 1.15 bits per heavy atom. The quantitative estimate of drug-likeness (QED) is 0.633. The van der Waals surface area contributed by atoms with Gasteiger partial charge in [0.25, 0.3) is 5.91 Å². The predicted molar refractivity (Wildman–Crippen MR) is 101 cm³/mol. The standard InChI is InChI=1S/C18H28N2O6S/c1-6-12(3)20(13(4)7-2)17(21)11-26-18(22)15-10-14(27(19,23)24)8-9-16(15)25-5/h8-10,12-13H,6-7,11H2,1-5H3,(H2,19,23,24)/t12-,13-/m1/s1. The molecule has 0 saturated heterocycles. The number of methoxy groups -OCH3 is 1. The molecule has 9 heteroatoms. The van der Waals surface area contributed by atoms with Crippen molar-refractivity contribution in [3.63, 3.8) is 0 Å². The first-order valence-corrected chi connectivity index (χ1v) is 10.3. The summed E-state index contributed by atoms with van der Waals surface area (Å²) in [6.07, 6.45) is 1.54. The van der Waals surface area contributed by atoms with Gasteiger partial charge in [0.05, 0.1) is 12.0 Å². The molecule has 2 atom stereocenters. The van der Waals surface area contributed by atoms with E-state index < -0.39 is 22.6 Å². The van der Waals surface area contributed by atoms with E-state index in [1.54, 1.807) is 4.90 Å². The molecule has 1 aromatic rings. The number of nitrogens with zero attached hydrogens (tertiary/aromatic N) is 1. The number of rotatable bonds is 9. The average Bonchev–Trinajstić information content (AvgIpc) is 2.64. The summed E-state index contributed by atoms with van der Waals surface area (Å²) in [5, 5.41) is 5.09. The summed E-state index contributed by atoms with van der Waals surface area (Å²) in [6, 6.07) is 3.62. The van der Waals surface area contributed by atoms with Crippen molar-refractivity contribution in [2.45, 2.75) is 57.5 Å². The second kappa shape index (κ2) is 9.70. The van der Waals surface area contributed by atoms with Gasteiger partial charge in [-0.3, -0.25) is 4.79 Å². The van der Waals surface area contributed by atoms with Gasteiger partial charge in [-0.05, 0) is 44.9 Å². The summed E-state index contributed by atoms with van der Waals surface area (Å²) in [5.41, 5.74) is -0.115. The maximum Gasteiger partial charge on any atom is 0.342 e. The Hall–Kier alpha value is -2.13. The minimum Gasteiger partial charge on any atom is -0.496 e. The number of sulfonamides is 1. The smallest absolute Gasteiger partial charge is 0.342 e. The molecule has 0 aliphatic heterocycles. The van der Waals surface area contributed by atoms with Gasteiger partial charge in [0.1, 0.15) is 11.3 Å². The Bertz CT molecular complexity index is 768. The molecule has 0 unspecified atom stereocenters. The fourth-order valence-electron chi connectivity index (χ4n) is 2.62. The van der Waals surface area contributed by atoms with Crippen molar-refractivity contribution in [1.82, 2.24) is 4.90 Å². The Morgan fingerprint density at radius 2 is 1.70 bits per heavy atom. The third-order valence-electron chi connectivity index (χ3n) is 4.47. The van der Waals surface area contributed by atoms with E-state index in [4.69, 9.17) is 14.6 Å². The van der Waals surface area contributed by atoms with E-state index in [0.717, 1.165) is 18.9 Å². The highest BCUT2D eigenvalue weighted by molar-refractivity contribution is 7.89. The van der Waals surface area contributed by atoms with Gasteiger partial charge in [0, 0.05) is 12.1 Å². The predicted octanol–water partition coefficient (Wildman–Crippen LogP) is 1.93. The first-order valence-electron chi connectivity index (χ1n) is 8.75. The molecule has 0 aliphatic rings. The Morgan fingerprint density at radius 3 is 2.15 bits per heavy atom. The Kier molecular flexibility index (Phi) is 8.23. The van der Waals surface area contributed by atoms with Crippen molar-refractivity contribution in [3.8, 4) is 5.75 Å². The van der Waals surface area contributed by atoms with E-state index in [1.807, 2.05) is 27.7 Å². The number of primary sulfonamides is 1. The molecule has 1 amide bonds. The van der Waals surface area contributed by atoms with Crippen LogP contribution in [0.2, 0.25) is 0 Å². The van der Waals surface area contributed by atoms with Crippen LogP contribution in [0.5, 0.6) is 5.75 Å². The van der Waals surface area contributed by atoms with Crippen molar-refractivity contribution in [3.05, 3.63) is 23.8 Å². The number of hydrogen-bond donors (Lipinski definition) is 1. The molecule has 0 radical (unpaired) electrons. The van der Waals surface area contributed by atoms with E-state index >= 15 is 0 Å². The van der Waals surface area contributed by atoms with Gasteiger partial charge >= 0.3 is 5.97 Å². The van der Waals surface area contributed by atoms with Crippen molar-refractivity contribution >= 4 is 21.9 Å². The average molecular weight is 400 g/mol. The van der Waals surface area contributed by atoms with Crippen LogP contribution >= 0.6 is 0 Å². The van der Waals surface area contributed by atoms with Gasteiger partial charge in [0.2, 0.25) is 10.0 Å². The fraction of sp³-hybridized carbons (Fsp3) is 0.556. The highest BCUT2D eigenvalue weighted by atomic mass is 32.2. The molecular weight excluding hydrogens is 372 g/mol. The minimum atomic E-state index is -4.00. The van der Waals surface area contributed by atoms with Crippen LogP contribution in [0.25, 0.3) is 0 Å². The number of carbonyl (C=O) groups excluding carboxylic acids is 2. The third-order valence-corrected chi connectivity index (χ3v) is 5.38. The largest absolute Gasteiger partial charge is 0.496 e. The Balaban J connectivity index is 3.00. The topological polar surface area (TPSA) is 116 Å². The minimum absolute atomic E-state index is 0.00593. The molecule has 1 rings (SSSR count). The maximum atomic E-state index is 12.6. The van der Waals surface area contributed by atoms with E-state index in [1.165, 1.54) is 19.2 Å². The molecule has 2 N–H and O–H groups in total. The van der Waals surface area contributed by atoms with Crippen LogP contribution < -0.4 is 9.88 Å². The first-order chi connectivity index (χ1) is 12.6. The fourth-order valence-corrected chi connectivity index (χ4v) is 3.16. The third kappa shape index (κ3) is 5.93. The van der Waals surface area contributed by atoms with Crippen LogP contribution in [0, 0.1) is 0 Å². The van der Waals surface area contributed by atoms with E-state index in [-0.39, 0.29) is 34.2 Å². The van der Waals surface area contributed by atoms with E-state index in [2.05, 4.69) is 0 Å². The molecule has 27 heavy (non-hydrogen) atoms. The lowest BCUT2D eigenvalue weighted by Crippen LogP contribution is -2.46. The van der Waals surface area contributed by atoms with E-state index in [9.17, 15) is 18.0 Å². The van der Waals surface area contributed by atoms with Crippen molar-refractivity contribution in [2.75, 3.05) is 13.7 Å². The van der Waals surface area contributed by atoms with Gasteiger partial charge in [0.15, 0.2) is 6.61 Å². The second-order valence-corrected chi connectivity index (χ2v) is 7.86. The van der Waals surface area contributed by atoms with Gasteiger partial charge in [-0.25, -0.2) is 18.4 Å². The molecule has 1 aromatic carbocycles. The van der Waals surface area contributed by atoms with Crippen molar-refractivity contribution < 1.29 is 27.5 Å². The summed E-state index contributed by atoms with van der Waals surface area (Å²) in [5.74, 6) is -1.05. The molecule has 0 saturated carbocycles. The molecule has 152 valence electrons. The number of ether oxygens (including phenoxy) is 2. The summed E-state index contributed by atoms with van der Waals surface area (Å²) < 4.78 is 33.2. The van der Waals surface area contributed by atoms with Gasteiger partial charge in [-0.15, -0.1) is 0 Å². The number of amides is 1. The van der Waals surface area contributed by atoms with Gasteiger partial charge in [-0.2, -0.15) is 0 Å². The zero-order valence-electron chi connectivity index (χ0n) is 16.4. The van der Waals surface area contributed by atoms with E-state index in [0.29, 0.717) is 0 Å². The lowest BCUT2D eigenvalue weighted by molar-refractivity contribution is -0.139. The summed E-state index contributed by atoms with van der Waals surface area (Å²) >= 11 is 0. The van der Waals surface area contributed by atoms with Crippen LogP contribution in [0.4, 0.5) is 0 Å². The molecular formula is C18H28N2O6S. The normalized spacial score (nSPS) is 13.6. The second-order valence-electron chi connectivity index (χ2n) is 6.30. The molecule has 8 nitrogen and oxygen atoms in total. The number of hydrogen-bond acceptors (Lipinski definition) is 6. The summed E-state index contributed by atoms with van der Waals surface area (Å²) in [7, 11) is -2.66. The lowest BCUT2D eigenvalue weighted by atomic mass is 10.1. The lowest BCUT2D eigenvalue weighted by Gasteiger charge is -2.33. The molecule has 0 spiro atoms. The zero-order chi connectivity index (χ0) is 20.8. The van der Waals surface area contributed by atoms with Crippen LogP contribution in [0.15, 0.2) is 23.1 Å². The molecule has 0 fully saturated rings. The van der Waals surface area contributed by atoms with Crippen molar-refractivity contribution in [1.29, 1.82) is 0 Å². The highest BCUT2D eigenvalue weighted by Gasteiger charge is 2.25. The summed E-state index contributed by atoms with van der Waals surface area (Å²) in [6.45, 7) is 7.37. The number of esters is 1. The maximum absolute atomic E-state index is 12.6. The monoisotopic (exact) mass is 400 g/mol. The first kappa shape index (κ1) is 22.9.